The molecule has 1 N–H and O–H groups in total. The summed E-state index contributed by atoms with van der Waals surface area (Å²) in [7, 11) is 1.91. The Labute approximate surface area is 119 Å². The second kappa shape index (κ2) is 7.46. The molecule has 6 nitrogen and oxygen atoms in total. The third-order valence-electron chi connectivity index (χ3n) is 3.23. The third-order valence-corrected chi connectivity index (χ3v) is 3.23. The normalized spacial score (nSPS) is 11.9. The summed E-state index contributed by atoms with van der Waals surface area (Å²) < 4.78 is 0. The summed E-state index contributed by atoms with van der Waals surface area (Å²) in [5.41, 5.74) is 1.85. The van der Waals surface area contributed by atoms with Gasteiger partial charge in [-0.15, -0.1) is 0 Å². The smallest absolute Gasteiger partial charge is 0.269 e. The van der Waals surface area contributed by atoms with E-state index in [1.165, 1.54) is 6.07 Å². The summed E-state index contributed by atoms with van der Waals surface area (Å²) in [6.45, 7) is 5.26. The highest BCUT2D eigenvalue weighted by molar-refractivity contribution is 5.56. The lowest BCUT2D eigenvalue weighted by Crippen LogP contribution is -2.28. The molecule has 1 aromatic rings. The van der Waals surface area contributed by atoms with Crippen LogP contribution in [-0.2, 0) is 6.54 Å². The quantitative estimate of drug-likeness (QED) is 0.611. The van der Waals surface area contributed by atoms with Crippen molar-refractivity contribution in [3.8, 4) is 6.07 Å². The molecule has 6 heteroatoms. The molecule has 0 radical (unpaired) electrons. The van der Waals surface area contributed by atoms with Gasteiger partial charge in [0.25, 0.3) is 5.69 Å². The molecule has 1 unspecified atom stereocenters. The van der Waals surface area contributed by atoms with Crippen molar-refractivity contribution in [2.24, 2.45) is 0 Å². The number of non-ortho nitro benzene ring substituents is 1. The van der Waals surface area contributed by atoms with Crippen LogP contribution in [0.2, 0.25) is 0 Å². The standard InChI is InChI=1S/C14H20N4O2/c1-4-16-14-6-5-13(18(19)20)9-12(14)10-17(3)11(2)7-8-15/h5-6,9,11,16H,4,7,10H2,1-3H3. The van der Waals surface area contributed by atoms with Gasteiger partial charge in [0, 0.05) is 37.0 Å². The molecule has 0 aliphatic heterocycles. The second-order valence-electron chi connectivity index (χ2n) is 4.76. The van der Waals surface area contributed by atoms with E-state index in [0.29, 0.717) is 13.0 Å². The van der Waals surface area contributed by atoms with E-state index in [0.717, 1.165) is 17.8 Å². The summed E-state index contributed by atoms with van der Waals surface area (Å²) in [4.78, 5) is 12.5. The van der Waals surface area contributed by atoms with Crippen LogP contribution in [0.5, 0.6) is 0 Å². The molecule has 0 fully saturated rings. The maximum Gasteiger partial charge on any atom is 0.269 e. The van der Waals surface area contributed by atoms with Crippen LogP contribution in [0.15, 0.2) is 18.2 Å². The molecule has 0 bridgehead atoms. The number of nitriles is 1. The highest BCUT2D eigenvalue weighted by atomic mass is 16.6. The number of nitrogens with zero attached hydrogens (tertiary/aromatic N) is 3. The molecule has 0 aliphatic rings. The van der Waals surface area contributed by atoms with Gasteiger partial charge >= 0.3 is 0 Å². The zero-order chi connectivity index (χ0) is 15.1. The van der Waals surface area contributed by atoms with E-state index in [4.69, 9.17) is 5.26 Å². The number of nitro benzene ring substituents is 1. The SMILES string of the molecule is CCNc1ccc([N+](=O)[O-])cc1CN(C)C(C)CC#N. The van der Waals surface area contributed by atoms with Gasteiger partial charge in [-0.2, -0.15) is 5.26 Å². The number of anilines is 1. The Kier molecular flexibility index (Phi) is 5.94. The maximum atomic E-state index is 10.9. The van der Waals surface area contributed by atoms with Crippen molar-refractivity contribution in [1.82, 2.24) is 4.90 Å². The van der Waals surface area contributed by atoms with Crippen LogP contribution in [0, 0.1) is 21.4 Å². The zero-order valence-corrected chi connectivity index (χ0v) is 12.1. The second-order valence-corrected chi connectivity index (χ2v) is 4.76. The number of benzene rings is 1. The fraction of sp³-hybridized carbons (Fsp3) is 0.500. The number of nitro groups is 1. The molecule has 1 atom stereocenters. The first kappa shape index (κ1) is 15.9. The van der Waals surface area contributed by atoms with Crippen LogP contribution in [0.1, 0.15) is 25.8 Å². The Bertz CT molecular complexity index is 510. The summed E-state index contributed by atoms with van der Waals surface area (Å²) in [6.07, 6.45) is 0.433. The molecule has 0 amide bonds. The van der Waals surface area contributed by atoms with Crippen LogP contribution in [0.3, 0.4) is 0 Å². The maximum absolute atomic E-state index is 10.9. The Morgan fingerprint density at radius 2 is 2.25 bits per heavy atom. The van der Waals surface area contributed by atoms with Gasteiger partial charge < -0.3 is 5.32 Å². The van der Waals surface area contributed by atoms with Crippen molar-refractivity contribution < 1.29 is 4.92 Å². The minimum absolute atomic E-state index is 0.0861. The zero-order valence-electron chi connectivity index (χ0n) is 12.1. The molecule has 1 rings (SSSR count). The van der Waals surface area contributed by atoms with Gasteiger partial charge in [-0.1, -0.05) is 0 Å². The number of hydrogen-bond donors (Lipinski definition) is 1. The van der Waals surface area contributed by atoms with E-state index < -0.39 is 4.92 Å². The Balaban J connectivity index is 2.98. The lowest BCUT2D eigenvalue weighted by Gasteiger charge is -2.24. The molecule has 1 aromatic carbocycles. The average Bonchev–Trinajstić information content (AvgIpc) is 2.40. The van der Waals surface area contributed by atoms with Crippen molar-refractivity contribution in [1.29, 1.82) is 5.26 Å². The number of rotatable bonds is 7. The van der Waals surface area contributed by atoms with Crippen LogP contribution >= 0.6 is 0 Å². The summed E-state index contributed by atoms with van der Waals surface area (Å²) >= 11 is 0. The number of nitrogens with one attached hydrogen (secondary N) is 1. The fourth-order valence-corrected chi connectivity index (χ4v) is 1.90. The van der Waals surface area contributed by atoms with Gasteiger partial charge in [-0.05, 0) is 32.5 Å². The molecule has 0 heterocycles. The molecular weight excluding hydrogens is 256 g/mol. The average molecular weight is 276 g/mol. The molecular formula is C14H20N4O2. The molecule has 0 saturated carbocycles. The highest BCUT2D eigenvalue weighted by Gasteiger charge is 2.15. The fourth-order valence-electron chi connectivity index (χ4n) is 1.90. The van der Waals surface area contributed by atoms with Gasteiger partial charge in [0.1, 0.15) is 0 Å². The summed E-state index contributed by atoms with van der Waals surface area (Å²) in [5.74, 6) is 0. The molecule has 0 aromatic heterocycles. The minimum Gasteiger partial charge on any atom is -0.385 e. The van der Waals surface area contributed by atoms with Crippen molar-refractivity contribution in [3.63, 3.8) is 0 Å². The van der Waals surface area contributed by atoms with Crippen LogP contribution in [0.4, 0.5) is 11.4 Å². The third kappa shape index (κ3) is 4.21. The molecule has 0 saturated heterocycles. The van der Waals surface area contributed by atoms with Gasteiger partial charge in [0.2, 0.25) is 0 Å². The highest BCUT2D eigenvalue weighted by Crippen LogP contribution is 2.24. The van der Waals surface area contributed by atoms with Crippen molar-refractivity contribution in [2.75, 3.05) is 18.9 Å². The van der Waals surface area contributed by atoms with E-state index in [9.17, 15) is 10.1 Å². The van der Waals surface area contributed by atoms with E-state index in [-0.39, 0.29) is 11.7 Å². The Morgan fingerprint density at radius 3 is 2.80 bits per heavy atom. The van der Waals surface area contributed by atoms with Crippen LogP contribution in [-0.4, -0.2) is 29.5 Å². The van der Waals surface area contributed by atoms with Crippen molar-refractivity contribution >= 4 is 11.4 Å². The van der Waals surface area contributed by atoms with E-state index in [1.54, 1.807) is 12.1 Å². The first-order valence-corrected chi connectivity index (χ1v) is 6.58. The monoisotopic (exact) mass is 276 g/mol. The lowest BCUT2D eigenvalue weighted by molar-refractivity contribution is -0.384. The van der Waals surface area contributed by atoms with Gasteiger partial charge in [0.05, 0.1) is 17.4 Å². The van der Waals surface area contributed by atoms with E-state index >= 15 is 0 Å². The summed E-state index contributed by atoms with van der Waals surface area (Å²) in [6, 6.07) is 7.07. The largest absolute Gasteiger partial charge is 0.385 e. The van der Waals surface area contributed by atoms with Gasteiger partial charge in [-0.25, -0.2) is 0 Å². The first-order valence-electron chi connectivity index (χ1n) is 6.58. The lowest BCUT2D eigenvalue weighted by atomic mass is 10.1. The predicted octanol–water partition coefficient (Wildman–Crippen LogP) is 2.76. The molecule has 0 aliphatic carbocycles. The summed E-state index contributed by atoms with van der Waals surface area (Å²) in [5, 5.41) is 22.8. The Hall–Kier alpha value is -2.13. The van der Waals surface area contributed by atoms with Crippen LogP contribution in [0.25, 0.3) is 0 Å². The molecule has 0 spiro atoms. The molecule has 20 heavy (non-hydrogen) atoms. The van der Waals surface area contributed by atoms with Gasteiger partial charge in [0.15, 0.2) is 0 Å². The van der Waals surface area contributed by atoms with Crippen molar-refractivity contribution in [2.45, 2.75) is 32.9 Å². The van der Waals surface area contributed by atoms with Crippen molar-refractivity contribution in [3.05, 3.63) is 33.9 Å². The molecule has 108 valence electrons. The van der Waals surface area contributed by atoms with E-state index in [1.807, 2.05) is 25.8 Å². The van der Waals surface area contributed by atoms with E-state index in [2.05, 4.69) is 11.4 Å². The minimum atomic E-state index is -0.391. The topological polar surface area (TPSA) is 82.2 Å². The van der Waals surface area contributed by atoms with Gasteiger partial charge in [-0.3, -0.25) is 15.0 Å². The Morgan fingerprint density at radius 1 is 1.55 bits per heavy atom. The number of hydrogen-bond acceptors (Lipinski definition) is 5. The first-order chi connectivity index (χ1) is 9.49. The van der Waals surface area contributed by atoms with Crippen LogP contribution < -0.4 is 5.32 Å². The predicted molar refractivity (Wildman–Crippen MR) is 78.4 cm³/mol.